The van der Waals surface area contributed by atoms with Crippen LogP contribution in [0.15, 0.2) is 54.6 Å². The summed E-state index contributed by atoms with van der Waals surface area (Å²) in [4.78, 5) is 4.23. The highest BCUT2D eigenvalue weighted by molar-refractivity contribution is 5.92. The summed E-state index contributed by atoms with van der Waals surface area (Å²) >= 11 is 0. The van der Waals surface area contributed by atoms with Crippen LogP contribution in [0.1, 0.15) is 0 Å². The number of anilines is 1. The minimum absolute atomic E-state index is 0.0411. The number of piperazine rings is 1. The predicted molar refractivity (Wildman–Crippen MR) is 116 cm³/mol. The number of aliphatic hydroxyl groups is 1. The molecule has 1 atom stereocenters. The van der Waals surface area contributed by atoms with Gasteiger partial charge in [-0.3, -0.25) is 4.90 Å². The van der Waals surface area contributed by atoms with E-state index in [0.29, 0.717) is 31.1 Å². The number of rotatable bonds is 6. The maximum Gasteiger partial charge on any atom is 0.142 e. The Labute approximate surface area is 175 Å². The van der Waals surface area contributed by atoms with Crippen LogP contribution in [0, 0.1) is 0 Å². The first-order valence-corrected chi connectivity index (χ1v) is 10.0. The maximum atomic E-state index is 10.4. The number of benzene rings is 3. The number of hydrogen-bond donors (Lipinski definition) is 4. The van der Waals surface area contributed by atoms with E-state index in [9.17, 15) is 20.4 Å². The molecule has 0 spiro atoms. The molecule has 0 aliphatic carbocycles. The second-order valence-corrected chi connectivity index (χ2v) is 7.55. The quantitative estimate of drug-likeness (QED) is 0.496. The Kier molecular flexibility index (Phi) is 5.83. The van der Waals surface area contributed by atoms with Crippen LogP contribution >= 0.6 is 0 Å². The number of β-amino-alcohol motifs (C(OH)–C–C–N with tert-alkyl or cyclic N) is 1. The average Bonchev–Trinajstić information content (AvgIpc) is 2.74. The third-order valence-electron chi connectivity index (χ3n) is 5.43. The standard InChI is InChI=1S/C23H26N2O5/c26-16-5-6-20(22(29)13-16)25-11-9-24(10-12-25)14-17(27)15-30-23-8-7-21(28)18-3-1-2-4-19(18)23/h1-8,13,17,26-29H,9-12,14-15H2. The number of aliphatic hydroxyl groups excluding tert-OH is 1. The van der Waals surface area contributed by atoms with E-state index < -0.39 is 6.10 Å². The molecule has 4 rings (SSSR count). The summed E-state index contributed by atoms with van der Waals surface area (Å²) in [6.07, 6.45) is -0.647. The van der Waals surface area contributed by atoms with E-state index in [4.69, 9.17) is 4.74 Å². The number of aromatic hydroxyl groups is 3. The van der Waals surface area contributed by atoms with Gasteiger partial charge in [0, 0.05) is 49.6 Å². The molecule has 0 bridgehead atoms. The van der Waals surface area contributed by atoms with E-state index in [0.717, 1.165) is 23.9 Å². The van der Waals surface area contributed by atoms with E-state index in [2.05, 4.69) is 9.80 Å². The number of hydrogen-bond acceptors (Lipinski definition) is 7. The van der Waals surface area contributed by atoms with Gasteiger partial charge in [0.15, 0.2) is 0 Å². The smallest absolute Gasteiger partial charge is 0.142 e. The molecule has 1 fully saturated rings. The molecule has 1 heterocycles. The van der Waals surface area contributed by atoms with Crippen molar-refractivity contribution >= 4 is 16.5 Å². The SMILES string of the molecule is Oc1ccc(N2CCN(CC(O)COc3ccc(O)c4ccccc34)CC2)c(O)c1. The minimum Gasteiger partial charge on any atom is -0.508 e. The highest BCUT2D eigenvalue weighted by Gasteiger charge is 2.21. The fourth-order valence-electron chi connectivity index (χ4n) is 3.87. The fourth-order valence-corrected chi connectivity index (χ4v) is 3.87. The van der Waals surface area contributed by atoms with E-state index in [-0.39, 0.29) is 23.9 Å². The van der Waals surface area contributed by atoms with Crippen molar-refractivity contribution in [1.29, 1.82) is 0 Å². The molecule has 0 radical (unpaired) electrons. The molecule has 1 saturated heterocycles. The number of ether oxygens (including phenoxy) is 1. The molecule has 7 nitrogen and oxygen atoms in total. The second-order valence-electron chi connectivity index (χ2n) is 7.55. The summed E-state index contributed by atoms with van der Waals surface area (Å²) in [6.45, 7) is 3.58. The van der Waals surface area contributed by atoms with Crippen LogP contribution in [0.2, 0.25) is 0 Å². The molecule has 3 aromatic carbocycles. The van der Waals surface area contributed by atoms with Gasteiger partial charge >= 0.3 is 0 Å². The van der Waals surface area contributed by atoms with Gasteiger partial charge in [0.1, 0.15) is 35.7 Å². The minimum atomic E-state index is -0.647. The zero-order valence-electron chi connectivity index (χ0n) is 16.6. The zero-order valence-corrected chi connectivity index (χ0v) is 16.6. The van der Waals surface area contributed by atoms with E-state index in [1.54, 1.807) is 24.3 Å². The fraction of sp³-hybridized carbons (Fsp3) is 0.304. The molecule has 7 heteroatoms. The summed E-state index contributed by atoms with van der Waals surface area (Å²) in [6, 6.07) is 15.4. The second kappa shape index (κ2) is 8.69. The van der Waals surface area contributed by atoms with E-state index >= 15 is 0 Å². The van der Waals surface area contributed by atoms with Gasteiger partial charge in [-0.2, -0.15) is 0 Å². The molecular formula is C23H26N2O5. The van der Waals surface area contributed by atoms with Gasteiger partial charge in [-0.15, -0.1) is 0 Å². The first-order valence-electron chi connectivity index (χ1n) is 10.0. The molecule has 158 valence electrons. The van der Waals surface area contributed by atoms with Gasteiger partial charge in [0.25, 0.3) is 0 Å². The van der Waals surface area contributed by atoms with Crippen molar-refractivity contribution in [2.75, 3.05) is 44.2 Å². The molecule has 30 heavy (non-hydrogen) atoms. The van der Waals surface area contributed by atoms with Gasteiger partial charge in [0.05, 0.1) is 5.69 Å². The summed E-state index contributed by atoms with van der Waals surface area (Å²) in [5, 5.41) is 41.4. The Morgan fingerprint density at radius 3 is 2.30 bits per heavy atom. The maximum absolute atomic E-state index is 10.4. The van der Waals surface area contributed by atoms with E-state index in [1.165, 1.54) is 6.07 Å². The Hall–Kier alpha value is -3.16. The van der Waals surface area contributed by atoms with Crippen molar-refractivity contribution in [1.82, 2.24) is 4.90 Å². The van der Waals surface area contributed by atoms with Crippen LogP contribution < -0.4 is 9.64 Å². The largest absolute Gasteiger partial charge is 0.508 e. The Morgan fingerprint density at radius 1 is 0.833 bits per heavy atom. The summed E-state index contributed by atoms with van der Waals surface area (Å²) in [5.74, 6) is 0.948. The van der Waals surface area contributed by atoms with Crippen LogP contribution in [0.25, 0.3) is 10.8 Å². The van der Waals surface area contributed by atoms with Gasteiger partial charge in [-0.25, -0.2) is 0 Å². The predicted octanol–water partition coefficient (Wildman–Crippen LogP) is 2.52. The Morgan fingerprint density at radius 2 is 1.57 bits per heavy atom. The first kappa shape index (κ1) is 20.1. The van der Waals surface area contributed by atoms with Crippen molar-refractivity contribution < 1.29 is 25.2 Å². The van der Waals surface area contributed by atoms with Gasteiger partial charge < -0.3 is 30.1 Å². The van der Waals surface area contributed by atoms with Gasteiger partial charge in [-0.05, 0) is 24.3 Å². The topological polar surface area (TPSA) is 96.6 Å². The molecule has 1 unspecified atom stereocenters. The molecule has 1 aliphatic heterocycles. The molecule has 0 amide bonds. The van der Waals surface area contributed by atoms with Crippen LogP contribution in [0.5, 0.6) is 23.0 Å². The Bertz CT molecular complexity index is 1020. The number of phenolic OH excluding ortho intramolecular Hbond substituents is 3. The third kappa shape index (κ3) is 4.37. The summed E-state index contributed by atoms with van der Waals surface area (Å²) in [7, 11) is 0. The number of nitrogens with zero attached hydrogens (tertiary/aromatic N) is 2. The molecule has 0 saturated carbocycles. The normalized spacial score (nSPS) is 16.0. The van der Waals surface area contributed by atoms with Gasteiger partial charge in [-0.1, -0.05) is 24.3 Å². The summed E-state index contributed by atoms with van der Waals surface area (Å²) < 4.78 is 5.84. The Balaban J connectivity index is 1.29. The lowest BCUT2D eigenvalue weighted by Crippen LogP contribution is -2.49. The molecule has 3 aromatic rings. The lowest BCUT2D eigenvalue weighted by molar-refractivity contribution is 0.0668. The van der Waals surface area contributed by atoms with E-state index in [1.807, 2.05) is 24.3 Å². The van der Waals surface area contributed by atoms with Crippen molar-refractivity contribution in [3.05, 3.63) is 54.6 Å². The van der Waals surface area contributed by atoms with Crippen LogP contribution in [-0.2, 0) is 0 Å². The summed E-state index contributed by atoms with van der Waals surface area (Å²) in [5.41, 5.74) is 0.704. The first-order chi connectivity index (χ1) is 14.5. The van der Waals surface area contributed by atoms with Crippen molar-refractivity contribution in [2.45, 2.75) is 6.10 Å². The highest BCUT2D eigenvalue weighted by Crippen LogP contribution is 2.33. The van der Waals surface area contributed by atoms with Crippen LogP contribution in [-0.4, -0.2) is 70.8 Å². The van der Waals surface area contributed by atoms with Crippen molar-refractivity contribution in [3.63, 3.8) is 0 Å². The zero-order chi connectivity index (χ0) is 21.1. The number of fused-ring (bicyclic) bond motifs is 1. The van der Waals surface area contributed by atoms with Crippen molar-refractivity contribution in [3.8, 4) is 23.0 Å². The van der Waals surface area contributed by atoms with Crippen molar-refractivity contribution in [2.24, 2.45) is 0 Å². The molecule has 0 aromatic heterocycles. The monoisotopic (exact) mass is 410 g/mol. The lowest BCUT2D eigenvalue weighted by Gasteiger charge is -2.37. The lowest BCUT2D eigenvalue weighted by atomic mass is 10.1. The van der Waals surface area contributed by atoms with Crippen LogP contribution in [0.3, 0.4) is 0 Å². The number of phenols is 3. The van der Waals surface area contributed by atoms with Crippen LogP contribution in [0.4, 0.5) is 5.69 Å². The molecular weight excluding hydrogens is 384 g/mol. The molecule has 4 N–H and O–H groups in total. The van der Waals surface area contributed by atoms with Gasteiger partial charge in [0.2, 0.25) is 0 Å². The third-order valence-corrected chi connectivity index (χ3v) is 5.43. The highest BCUT2D eigenvalue weighted by atomic mass is 16.5. The molecule has 1 aliphatic rings. The average molecular weight is 410 g/mol.